The van der Waals surface area contributed by atoms with Crippen molar-refractivity contribution in [3.63, 3.8) is 0 Å². The summed E-state index contributed by atoms with van der Waals surface area (Å²) in [6.45, 7) is 4.56. The predicted molar refractivity (Wildman–Crippen MR) is 103 cm³/mol. The standard InChI is InChI=1S/C18H23N5OS/c1-25-13-12-22-8-10-23(11-9-22)18(24)15-4-2-14(3-5-15)17-20-7-6-16(19)21-17/h2-7H,8-13H2,1H3,(H2,19,20,21). The number of hydrogen-bond donors (Lipinski definition) is 1. The number of aromatic nitrogens is 2. The van der Waals surface area contributed by atoms with Crippen molar-refractivity contribution in [2.45, 2.75) is 0 Å². The normalized spacial score (nSPS) is 15.3. The van der Waals surface area contributed by atoms with E-state index in [-0.39, 0.29) is 5.91 Å². The van der Waals surface area contributed by atoms with E-state index in [0.29, 0.717) is 17.2 Å². The number of carbonyl (C=O) groups is 1. The maximum absolute atomic E-state index is 12.7. The first-order valence-corrected chi connectivity index (χ1v) is 9.76. The van der Waals surface area contributed by atoms with Gasteiger partial charge in [-0.2, -0.15) is 11.8 Å². The summed E-state index contributed by atoms with van der Waals surface area (Å²) < 4.78 is 0. The first kappa shape index (κ1) is 17.7. The van der Waals surface area contributed by atoms with Crippen LogP contribution in [0.1, 0.15) is 10.4 Å². The average molecular weight is 357 g/mol. The van der Waals surface area contributed by atoms with E-state index in [4.69, 9.17) is 5.73 Å². The van der Waals surface area contributed by atoms with Gasteiger partial charge in [0.05, 0.1) is 0 Å². The van der Waals surface area contributed by atoms with Gasteiger partial charge >= 0.3 is 0 Å². The van der Waals surface area contributed by atoms with Crippen LogP contribution in [0.25, 0.3) is 11.4 Å². The molecule has 2 aromatic rings. The highest BCUT2D eigenvalue weighted by molar-refractivity contribution is 7.98. The second-order valence-electron chi connectivity index (χ2n) is 6.01. The van der Waals surface area contributed by atoms with E-state index >= 15 is 0 Å². The molecule has 1 fully saturated rings. The molecule has 0 radical (unpaired) electrons. The Morgan fingerprint density at radius 3 is 2.52 bits per heavy atom. The fourth-order valence-electron chi connectivity index (χ4n) is 2.85. The molecule has 1 aliphatic heterocycles. The second-order valence-corrected chi connectivity index (χ2v) is 6.99. The van der Waals surface area contributed by atoms with Gasteiger partial charge in [0.15, 0.2) is 5.82 Å². The van der Waals surface area contributed by atoms with E-state index in [9.17, 15) is 4.79 Å². The molecule has 3 rings (SSSR count). The van der Waals surface area contributed by atoms with Crippen LogP contribution < -0.4 is 5.73 Å². The number of thioether (sulfide) groups is 1. The first-order valence-electron chi connectivity index (χ1n) is 8.37. The van der Waals surface area contributed by atoms with Crippen LogP contribution in [0.5, 0.6) is 0 Å². The Bertz CT molecular complexity index is 714. The monoisotopic (exact) mass is 357 g/mol. The molecule has 1 aromatic heterocycles. The lowest BCUT2D eigenvalue weighted by Gasteiger charge is -2.34. The van der Waals surface area contributed by atoms with Gasteiger partial charge in [0, 0.05) is 55.8 Å². The van der Waals surface area contributed by atoms with Crippen LogP contribution >= 0.6 is 11.8 Å². The SMILES string of the molecule is CSCCN1CCN(C(=O)c2ccc(-c3nccc(N)n3)cc2)CC1. The number of amides is 1. The zero-order valence-corrected chi connectivity index (χ0v) is 15.2. The third kappa shape index (κ3) is 4.49. The third-order valence-corrected chi connectivity index (χ3v) is 4.93. The van der Waals surface area contributed by atoms with Crippen molar-refractivity contribution in [3.8, 4) is 11.4 Å². The number of anilines is 1. The quantitative estimate of drug-likeness (QED) is 0.880. The Kier molecular flexibility index (Phi) is 5.88. The van der Waals surface area contributed by atoms with E-state index < -0.39 is 0 Å². The molecule has 0 aliphatic carbocycles. The number of piperazine rings is 1. The summed E-state index contributed by atoms with van der Waals surface area (Å²) >= 11 is 1.86. The molecule has 1 aromatic carbocycles. The van der Waals surface area contributed by atoms with Crippen LogP contribution in [0.2, 0.25) is 0 Å². The van der Waals surface area contributed by atoms with Gasteiger partial charge in [-0.3, -0.25) is 9.69 Å². The lowest BCUT2D eigenvalue weighted by Crippen LogP contribution is -2.49. The Labute approximate surface area is 152 Å². The fraction of sp³-hybridized carbons (Fsp3) is 0.389. The highest BCUT2D eigenvalue weighted by Crippen LogP contribution is 2.17. The molecule has 2 heterocycles. The van der Waals surface area contributed by atoms with Crippen molar-refractivity contribution in [1.82, 2.24) is 19.8 Å². The number of nitrogens with zero attached hydrogens (tertiary/aromatic N) is 4. The zero-order chi connectivity index (χ0) is 17.6. The minimum Gasteiger partial charge on any atom is -0.384 e. The predicted octanol–water partition coefficient (Wildman–Crippen LogP) is 1.85. The number of carbonyl (C=O) groups excluding carboxylic acids is 1. The Morgan fingerprint density at radius 1 is 1.16 bits per heavy atom. The molecule has 0 saturated carbocycles. The second kappa shape index (κ2) is 8.31. The molecule has 132 valence electrons. The first-order chi connectivity index (χ1) is 12.2. The van der Waals surface area contributed by atoms with Crippen LogP contribution in [-0.2, 0) is 0 Å². The summed E-state index contributed by atoms with van der Waals surface area (Å²) in [7, 11) is 0. The number of rotatable bonds is 5. The van der Waals surface area contributed by atoms with Crippen LogP contribution in [0.3, 0.4) is 0 Å². The van der Waals surface area contributed by atoms with Crippen molar-refractivity contribution < 1.29 is 4.79 Å². The fourth-order valence-corrected chi connectivity index (χ4v) is 3.29. The Hall–Kier alpha value is -2.12. The number of nitrogens with two attached hydrogens (primary N) is 1. The smallest absolute Gasteiger partial charge is 0.253 e. The third-order valence-electron chi connectivity index (χ3n) is 4.34. The minimum absolute atomic E-state index is 0.0876. The van der Waals surface area contributed by atoms with E-state index in [1.807, 2.05) is 40.9 Å². The van der Waals surface area contributed by atoms with Crippen LogP contribution in [0, 0.1) is 0 Å². The lowest BCUT2D eigenvalue weighted by molar-refractivity contribution is 0.0644. The topological polar surface area (TPSA) is 75.3 Å². The van der Waals surface area contributed by atoms with Crippen molar-refractivity contribution in [2.24, 2.45) is 0 Å². The molecule has 0 spiro atoms. The molecule has 2 N–H and O–H groups in total. The maximum atomic E-state index is 12.7. The molecule has 7 heteroatoms. The van der Waals surface area contributed by atoms with Gasteiger partial charge in [-0.05, 0) is 24.5 Å². The molecular weight excluding hydrogens is 334 g/mol. The largest absolute Gasteiger partial charge is 0.384 e. The van der Waals surface area contributed by atoms with Gasteiger partial charge in [-0.25, -0.2) is 9.97 Å². The van der Waals surface area contributed by atoms with E-state index in [0.717, 1.165) is 44.0 Å². The highest BCUT2D eigenvalue weighted by Gasteiger charge is 2.21. The summed E-state index contributed by atoms with van der Waals surface area (Å²) in [5, 5.41) is 0. The summed E-state index contributed by atoms with van der Waals surface area (Å²) in [5.41, 5.74) is 7.25. The highest BCUT2D eigenvalue weighted by atomic mass is 32.2. The molecule has 0 bridgehead atoms. The molecule has 0 atom stereocenters. The summed E-state index contributed by atoms with van der Waals surface area (Å²) in [5.74, 6) is 2.23. The van der Waals surface area contributed by atoms with Crippen molar-refractivity contribution in [1.29, 1.82) is 0 Å². The van der Waals surface area contributed by atoms with E-state index in [2.05, 4.69) is 21.1 Å². The molecule has 25 heavy (non-hydrogen) atoms. The average Bonchev–Trinajstić information content (AvgIpc) is 2.66. The summed E-state index contributed by atoms with van der Waals surface area (Å²) in [6, 6.07) is 9.07. The molecule has 6 nitrogen and oxygen atoms in total. The molecule has 0 unspecified atom stereocenters. The van der Waals surface area contributed by atoms with Crippen molar-refractivity contribution in [3.05, 3.63) is 42.1 Å². The molecule has 1 amide bonds. The maximum Gasteiger partial charge on any atom is 0.253 e. The van der Waals surface area contributed by atoms with Crippen LogP contribution in [0.4, 0.5) is 5.82 Å². The van der Waals surface area contributed by atoms with Gasteiger partial charge in [0.2, 0.25) is 0 Å². The van der Waals surface area contributed by atoms with Crippen molar-refractivity contribution >= 4 is 23.5 Å². The van der Waals surface area contributed by atoms with Gasteiger partial charge in [-0.1, -0.05) is 12.1 Å². The number of benzene rings is 1. The van der Waals surface area contributed by atoms with Gasteiger partial charge < -0.3 is 10.6 Å². The van der Waals surface area contributed by atoms with Crippen LogP contribution in [0.15, 0.2) is 36.5 Å². The summed E-state index contributed by atoms with van der Waals surface area (Å²) in [6.07, 6.45) is 3.76. The van der Waals surface area contributed by atoms with E-state index in [1.54, 1.807) is 12.3 Å². The molecule has 1 saturated heterocycles. The number of hydrogen-bond acceptors (Lipinski definition) is 6. The van der Waals surface area contributed by atoms with E-state index in [1.165, 1.54) is 0 Å². The Balaban J connectivity index is 1.62. The molecule has 1 aliphatic rings. The van der Waals surface area contributed by atoms with Gasteiger partial charge in [-0.15, -0.1) is 0 Å². The number of nitrogen functional groups attached to an aromatic ring is 1. The Morgan fingerprint density at radius 2 is 1.88 bits per heavy atom. The summed E-state index contributed by atoms with van der Waals surface area (Å²) in [4.78, 5) is 25.4. The zero-order valence-electron chi connectivity index (χ0n) is 14.4. The van der Waals surface area contributed by atoms with Crippen molar-refractivity contribution in [2.75, 3.05) is 50.5 Å². The van der Waals surface area contributed by atoms with Crippen LogP contribution in [-0.4, -0.2) is 70.4 Å². The minimum atomic E-state index is 0.0876. The van der Waals surface area contributed by atoms with Gasteiger partial charge in [0.1, 0.15) is 5.82 Å². The molecular formula is C18H23N5OS. The van der Waals surface area contributed by atoms with Gasteiger partial charge in [0.25, 0.3) is 5.91 Å². The lowest BCUT2D eigenvalue weighted by atomic mass is 10.1.